The van der Waals surface area contributed by atoms with Crippen LogP contribution in [0, 0.1) is 11.7 Å². The van der Waals surface area contributed by atoms with E-state index in [1.54, 1.807) is 11.5 Å². The van der Waals surface area contributed by atoms with Crippen LogP contribution in [0.5, 0.6) is 0 Å². The van der Waals surface area contributed by atoms with Gasteiger partial charge in [0, 0.05) is 11.7 Å². The lowest BCUT2D eigenvalue weighted by Crippen LogP contribution is -2.20. The van der Waals surface area contributed by atoms with Gasteiger partial charge in [0.25, 0.3) is 5.56 Å². The molecule has 0 unspecified atom stereocenters. The molecule has 2 aromatic heterocycles. The minimum atomic E-state index is -1.15. The first-order valence-corrected chi connectivity index (χ1v) is 6.67. The monoisotopic (exact) mass is 293 g/mol. The predicted octanol–water partition coefficient (Wildman–Crippen LogP) is 2.43. The first-order valence-electron chi connectivity index (χ1n) is 6.26. The Labute approximate surface area is 120 Å². The van der Waals surface area contributed by atoms with E-state index in [-0.39, 0.29) is 21.8 Å². The minimum absolute atomic E-state index is 0.0118. The number of fused-ring (bicyclic) bond motifs is 1. The summed E-state index contributed by atoms with van der Waals surface area (Å²) < 4.78 is 1.96. The molecular formula is C13H15N3O3S. The van der Waals surface area contributed by atoms with E-state index in [0.29, 0.717) is 11.3 Å². The highest BCUT2D eigenvalue weighted by molar-refractivity contribution is 7.71. The van der Waals surface area contributed by atoms with Gasteiger partial charge in [0.05, 0.1) is 10.9 Å². The molecule has 20 heavy (non-hydrogen) atoms. The summed E-state index contributed by atoms with van der Waals surface area (Å²) in [5.41, 5.74) is 0.285. The number of nitrogens with one attached hydrogen (secondary N) is 1. The summed E-state index contributed by atoms with van der Waals surface area (Å²) in [6.45, 7) is 5.62. The first kappa shape index (κ1) is 14.4. The number of aromatic nitrogens is 3. The van der Waals surface area contributed by atoms with Crippen molar-refractivity contribution in [2.24, 2.45) is 0 Å². The van der Waals surface area contributed by atoms with Crippen molar-refractivity contribution in [1.29, 1.82) is 0 Å². The van der Waals surface area contributed by atoms with Crippen molar-refractivity contribution in [3.63, 3.8) is 0 Å². The molecule has 1 atom stereocenters. The molecule has 2 N–H and O–H groups in total. The van der Waals surface area contributed by atoms with Gasteiger partial charge in [0.2, 0.25) is 0 Å². The molecule has 7 heteroatoms. The van der Waals surface area contributed by atoms with Gasteiger partial charge < -0.3 is 5.11 Å². The van der Waals surface area contributed by atoms with Gasteiger partial charge in [-0.3, -0.25) is 14.3 Å². The molecule has 0 aliphatic carbocycles. The molecule has 0 bridgehead atoms. The van der Waals surface area contributed by atoms with Gasteiger partial charge in [-0.2, -0.15) is 0 Å². The number of carbonyl (C=O) groups is 1. The second kappa shape index (κ2) is 5.16. The molecular weight excluding hydrogens is 278 g/mol. The number of aromatic carboxylic acids is 1. The fourth-order valence-corrected chi connectivity index (χ4v) is 2.49. The Hall–Kier alpha value is -2.02. The highest BCUT2D eigenvalue weighted by Gasteiger charge is 2.18. The van der Waals surface area contributed by atoms with Crippen LogP contribution in [0.25, 0.3) is 11.0 Å². The number of aryl methyl sites for hydroxylation is 1. The normalized spacial score (nSPS) is 12.6. The maximum Gasteiger partial charge on any atom is 0.336 e. The van der Waals surface area contributed by atoms with E-state index in [9.17, 15) is 14.7 Å². The Kier molecular flexibility index (Phi) is 3.71. The number of H-pyrrole nitrogens is 1. The molecule has 2 rings (SSSR count). The van der Waals surface area contributed by atoms with Crippen LogP contribution in [0.2, 0.25) is 0 Å². The van der Waals surface area contributed by atoms with E-state index in [2.05, 4.69) is 9.97 Å². The molecule has 0 saturated carbocycles. The van der Waals surface area contributed by atoms with Crippen molar-refractivity contribution >= 4 is 29.2 Å². The van der Waals surface area contributed by atoms with Crippen LogP contribution in [0.1, 0.15) is 42.4 Å². The van der Waals surface area contributed by atoms with Crippen LogP contribution in [-0.2, 0) is 0 Å². The van der Waals surface area contributed by atoms with Crippen molar-refractivity contribution in [3.8, 4) is 0 Å². The second-order valence-electron chi connectivity index (χ2n) is 4.70. The summed E-state index contributed by atoms with van der Waals surface area (Å²) in [6.07, 6.45) is 0.785. The third-order valence-electron chi connectivity index (χ3n) is 3.28. The predicted molar refractivity (Wildman–Crippen MR) is 77.9 cm³/mol. The van der Waals surface area contributed by atoms with Crippen molar-refractivity contribution in [2.45, 2.75) is 33.2 Å². The van der Waals surface area contributed by atoms with Gasteiger partial charge in [0.1, 0.15) is 5.65 Å². The van der Waals surface area contributed by atoms with Crippen LogP contribution in [0.15, 0.2) is 10.9 Å². The van der Waals surface area contributed by atoms with Crippen molar-refractivity contribution < 1.29 is 9.90 Å². The number of hydrogen-bond donors (Lipinski definition) is 2. The molecule has 6 nitrogen and oxygen atoms in total. The van der Waals surface area contributed by atoms with Gasteiger partial charge in [-0.05, 0) is 38.6 Å². The number of hydrogen-bond acceptors (Lipinski definition) is 4. The minimum Gasteiger partial charge on any atom is -0.478 e. The second-order valence-corrected chi connectivity index (χ2v) is 5.09. The lowest BCUT2D eigenvalue weighted by molar-refractivity contribution is 0.0698. The van der Waals surface area contributed by atoms with Crippen molar-refractivity contribution in [1.82, 2.24) is 14.5 Å². The van der Waals surface area contributed by atoms with Gasteiger partial charge >= 0.3 is 5.97 Å². The Balaban J connectivity index is 3.07. The molecule has 2 aromatic rings. The number of pyridine rings is 1. The number of carboxylic acids is 1. The van der Waals surface area contributed by atoms with Crippen LogP contribution >= 0.6 is 12.2 Å². The van der Waals surface area contributed by atoms with Crippen LogP contribution in [0.3, 0.4) is 0 Å². The average molecular weight is 293 g/mol. The van der Waals surface area contributed by atoms with Gasteiger partial charge in [-0.25, -0.2) is 9.78 Å². The van der Waals surface area contributed by atoms with E-state index in [1.165, 1.54) is 6.07 Å². The lowest BCUT2D eigenvalue weighted by Gasteiger charge is -2.17. The molecule has 106 valence electrons. The van der Waals surface area contributed by atoms with E-state index in [4.69, 9.17) is 12.2 Å². The maximum atomic E-state index is 12.1. The van der Waals surface area contributed by atoms with Gasteiger partial charge in [-0.1, -0.05) is 6.92 Å². The third kappa shape index (κ3) is 2.24. The fourth-order valence-electron chi connectivity index (χ4n) is 2.13. The number of carboxylic acid groups (broad SMARTS) is 1. The van der Waals surface area contributed by atoms with Gasteiger partial charge in [0.15, 0.2) is 4.77 Å². The number of aromatic amines is 1. The van der Waals surface area contributed by atoms with E-state index >= 15 is 0 Å². The molecule has 0 aromatic carbocycles. The SMILES string of the molecule is CC[C@@H](C)n1c(=S)[nH]c(=O)c2c(C(=O)O)cc(C)nc21. The summed E-state index contributed by atoms with van der Waals surface area (Å²) in [5, 5.41) is 9.34. The zero-order valence-electron chi connectivity index (χ0n) is 11.4. The Morgan fingerprint density at radius 3 is 2.80 bits per heavy atom. The lowest BCUT2D eigenvalue weighted by atomic mass is 10.1. The van der Waals surface area contributed by atoms with Crippen molar-refractivity contribution in [2.75, 3.05) is 0 Å². The highest BCUT2D eigenvalue weighted by Crippen LogP contribution is 2.20. The van der Waals surface area contributed by atoms with E-state index in [1.807, 2.05) is 13.8 Å². The Morgan fingerprint density at radius 2 is 2.25 bits per heavy atom. The largest absolute Gasteiger partial charge is 0.478 e. The van der Waals surface area contributed by atoms with Crippen LogP contribution in [-0.4, -0.2) is 25.6 Å². The summed E-state index contributed by atoms with van der Waals surface area (Å²) in [7, 11) is 0. The molecule has 0 fully saturated rings. The first-order chi connectivity index (χ1) is 9.36. The molecule has 0 spiro atoms. The van der Waals surface area contributed by atoms with Gasteiger partial charge in [-0.15, -0.1) is 0 Å². The highest BCUT2D eigenvalue weighted by atomic mass is 32.1. The molecule has 0 aliphatic rings. The molecule has 0 aliphatic heterocycles. The Morgan fingerprint density at radius 1 is 1.60 bits per heavy atom. The summed E-state index contributed by atoms with van der Waals surface area (Å²) in [4.78, 5) is 30.3. The van der Waals surface area contributed by atoms with Crippen molar-refractivity contribution in [3.05, 3.63) is 32.4 Å². The Bertz CT molecular complexity index is 807. The number of rotatable bonds is 3. The summed E-state index contributed by atoms with van der Waals surface area (Å²) >= 11 is 5.18. The summed E-state index contributed by atoms with van der Waals surface area (Å²) in [5.74, 6) is -1.15. The smallest absolute Gasteiger partial charge is 0.336 e. The van der Waals surface area contributed by atoms with E-state index < -0.39 is 11.5 Å². The molecule has 0 radical (unpaired) electrons. The summed E-state index contributed by atoms with van der Waals surface area (Å²) in [6, 6.07) is 1.40. The standard InChI is InChI=1S/C13H15N3O3S/c1-4-7(3)16-10-9(11(17)15-13(16)20)8(12(18)19)5-6(2)14-10/h5,7H,4H2,1-3H3,(H,18,19)(H,15,17,20)/t7-/m1/s1. The zero-order chi connectivity index (χ0) is 15.0. The third-order valence-corrected chi connectivity index (χ3v) is 3.58. The molecule has 0 saturated heterocycles. The fraction of sp³-hybridized carbons (Fsp3) is 0.385. The number of nitrogens with zero attached hydrogens (tertiary/aromatic N) is 2. The zero-order valence-corrected chi connectivity index (χ0v) is 12.2. The quantitative estimate of drug-likeness (QED) is 0.849. The molecule has 2 heterocycles. The topological polar surface area (TPSA) is 88.0 Å². The van der Waals surface area contributed by atoms with Crippen LogP contribution in [0.4, 0.5) is 0 Å². The van der Waals surface area contributed by atoms with Crippen LogP contribution < -0.4 is 5.56 Å². The van der Waals surface area contributed by atoms with E-state index in [0.717, 1.165) is 6.42 Å². The average Bonchev–Trinajstić information content (AvgIpc) is 2.36. The molecule has 0 amide bonds. The maximum absolute atomic E-state index is 12.1.